The molecule has 6 nitrogen and oxygen atoms in total. The molecule has 0 spiro atoms. The molecule has 0 aromatic carbocycles. The minimum Gasteiger partial charge on any atom is -0.466 e. The van der Waals surface area contributed by atoms with Gasteiger partial charge in [-0.25, -0.2) is 0 Å². The summed E-state index contributed by atoms with van der Waals surface area (Å²) >= 11 is 0. The maximum atomic E-state index is 12.6. The standard InChI is InChI=1S/C92H175NO5/c1-3-5-7-9-11-13-15-17-19-21-23-24-25-43-46-49-52-56-60-64-68-72-76-80-84-90(95)89(88-94)93-91(96)85-81-77-73-69-65-61-57-53-50-47-44-41-39-37-35-33-31-29-27-26-28-30-32-34-36-38-40-42-45-48-51-55-59-63-67-71-75-79-83-87-98-92(97)86-82-78-74-70-66-62-58-54-22-20-18-16-14-12-10-8-6-4-2/h20,22,26-27,30,32,80,84,89-90,94-95H,3-19,21,23-25,28-29,31,33-79,81-83,85-88H2,1-2H3,(H,93,96)/b22-20-,27-26-,32-30-,84-80+. The van der Waals surface area contributed by atoms with Crippen molar-refractivity contribution in [3.05, 3.63) is 48.6 Å². The number of carbonyl (C=O) groups excluding carboxylic acids is 2. The van der Waals surface area contributed by atoms with Gasteiger partial charge in [0.1, 0.15) is 0 Å². The fourth-order valence-electron chi connectivity index (χ4n) is 14.3. The number of esters is 1. The normalized spacial score (nSPS) is 12.7. The van der Waals surface area contributed by atoms with Crippen molar-refractivity contribution in [3.63, 3.8) is 0 Å². The summed E-state index contributed by atoms with van der Waals surface area (Å²) in [6, 6.07) is -0.628. The maximum absolute atomic E-state index is 12.6. The molecule has 1 amide bonds. The lowest BCUT2D eigenvalue weighted by atomic mass is 10.0. The molecule has 0 aliphatic rings. The van der Waals surface area contributed by atoms with E-state index < -0.39 is 12.1 Å². The molecular weight excluding hydrogens is 1200 g/mol. The molecule has 6 heteroatoms. The summed E-state index contributed by atoms with van der Waals surface area (Å²) in [6.45, 7) is 4.96. The number of allylic oxidation sites excluding steroid dienone is 7. The van der Waals surface area contributed by atoms with Crippen LogP contribution in [0.2, 0.25) is 0 Å². The van der Waals surface area contributed by atoms with Gasteiger partial charge < -0.3 is 20.3 Å². The smallest absolute Gasteiger partial charge is 0.305 e. The van der Waals surface area contributed by atoms with Gasteiger partial charge in [-0.2, -0.15) is 0 Å². The number of hydrogen-bond acceptors (Lipinski definition) is 5. The average Bonchev–Trinajstić information content (AvgIpc) is 1.88. The Kier molecular flexibility index (Phi) is 85.3. The van der Waals surface area contributed by atoms with Gasteiger partial charge in [-0.3, -0.25) is 9.59 Å². The molecule has 3 N–H and O–H groups in total. The average molecular weight is 1380 g/mol. The molecule has 0 saturated heterocycles. The molecule has 0 rings (SSSR count). The van der Waals surface area contributed by atoms with Gasteiger partial charge in [-0.05, 0) is 89.9 Å². The molecular formula is C92H175NO5. The zero-order valence-electron chi connectivity index (χ0n) is 66.5. The second-order valence-corrected chi connectivity index (χ2v) is 30.9. The molecule has 2 atom stereocenters. The van der Waals surface area contributed by atoms with E-state index in [4.69, 9.17) is 4.74 Å². The lowest BCUT2D eigenvalue weighted by Gasteiger charge is -2.20. The van der Waals surface area contributed by atoms with E-state index in [0.29, 0.717) is 19.4 Å². The van der Waals surface area contributed by atoms with Crippen LogP contribution < -0.4 is 5.32 Å². The van der Waals surface area contributed by atoms with Crippen molar-refractivity contribution in [3.8, 4) is 0 Å². The summed E-state index contributed by atoms with van der Waals surface area (Å²) < 4.78 is 5.52. The third-order valence-electron chi connectivity index (χ3n) is 21.1. The van der Waals surface area contributed by atoms with Crippen LogP contribution in [-0.4, -0.2) is 47.4 Å². The fraction of sp³-hybridized carbons (Fsp3) is 0.891. The Bertz CT molecular complexity index is 1640. The van der Waals surface area contributed by atoms with Crippen LogP contribution in [0.25, 0.3) is 0 Å². The first-order chi connectivity index (χ1) is 48.5. The molecule has 0 saturated carbocycles. The topological polar surface area (TPSA) is 95.9 Å². The Morgan fingerprint density at radius 3 is 0.786 bits per heavy atom. The Hall–Kier alpha value is -2.18. The van der Waals surface area contributed by atoms with E-state index in [9.17, 15) is 19.8 Å². The largest absolute Gasteiger partial charge is 0.466 e. The number of carbonyl (C=O) groups is 2. The first kappa shape index (κ1) is 95.8. The predicted molar refractivity (Wildman–Crippen MR) is 435 cm³/mol. The van der Waals surface area contributed by atoms with Crippen LogP contribution in [0, 0.1) is 0 Å². The molecule has 0 fully saturated rings. The van der Waals surface area contributed by atoms with Gasteiger partial charge in [0.15, 0.2) is 0 Å². The van der Waals surface area contributed by atoms with E-state index in [2.05, 4.69) is 55.6 Å². The van der Waals surface area contributed by atoms with Gasteiger partial charge in [0.2, 0.25) is 5.91 Å². The minimum absolute atomic E-state index is 0.0181. The highest BCUT2D eigenvalue weighted by atomic mass is 16.5. The van der Waals surface area contributed by atoms with Crippen LogP contribution in [0.4, 0.5) is 0 Å². The zero-order chi connectivity index (χ0) is 70.5. The van der Waals surface area contributed by atoms with Crippen molar-refractivity contribution >= 4 is 11.9 Å². The van der Waals surface area contributed by atoms with Crippen LogP contribution in [0.15, 0.2) is 48.6 Å². The Morgan fingerprint density at radius 1 is 0.286 bits per heavy atom. The first-order valence-electron chi connectivity index (χ1n) is 44.9. The summed E-state index contributed by atoms with van der Waals surface area (Å²) in [5.41, 5.74) is 0. The summed E-state index contributed by atoms with van der Waals surface area (Å²) in [6.07, 6.45) is 117. The lowest BCUT2D eigenvalue weighted by Crippen LogP contribution is -2.45. The Labute approximate surface area is 614 Å². The van der Waals surface area contributed by atoms with E-state index in [1.165, 1.54) is 424 Å². The van der Waals surface area contributed by atoms with Gasteiger partial charge in [-0.15, -0.1) is 0 Å². The van der Waals surface area contributed by atoms with Crippen LogP contribution in [0.3, 0.4) is 0 Å². The summed E-state index contributed by atoms with van der Waals surface area (Å²) in [5.74, 6) is -0.0415. The van der Waals surface area contributed by atoms with E-state index in [0.717, 1.165) is 51.4 Å². The molecule has 0 heterocycles. The lowest BCUT2D eigenvalue weighted by molar-refractivity contribution is -0.143. The van der Waals surface area contributed by atoms with Gasteiger partial charge in [0.05, 0.1) is 25.4 Å². The van der Waals surface area contributed by atoms with Crippen molar-refractivity contribution in [1.82, 2.24) is 5.32 Å². The van der Waals surface area contributed by atoms with Crippen LogP contribution in [-0.2, 0) is 14.3 Å². The molecule has 0 aromatic heterocycles. The number of ether oxygens (including phenoxy) is 1. The van der Waals surface area contributed by atoms with Crippen molar-refractivity contribution in [1.29, 1.82) is 0 Å². The van der Waals surface area contributed by atoms with E-state index in [1.807, 2.05) is 6.08 Å². The zero-order valence-corrected chi connectivity index (χ0v) is 66.5. The Balaban J connectivity index is 3.37. The van der Waals surface area contributed by atoms with Crippen molar-refractivity contribution < 1.29 is 24.5 Å². The minimum atomic E-state index is -0.845. The quantitative estimate of drug-likeness (QED) is 0.0320. The highest BCUT2D eigenvalue weighted by molar-refractivity contribution is 5.76. The Morgan fingerprint density at radius 2 is 0.510 bits per heavy atom. The number of aliphatic hydroxyl groups is 2. The van der Waals surface area contributed by atoms with Crippen LogP contribution >= 0.6 is 0 Å². The SMILES string of the molecule is CCCCCCCCC/C=C\CCCCCCCCCC(=O)OCCCCCCCCCCCCCCCCC/C=C\C/C=C\CCCCCCCCCCCCCCCCCCCC(=O)NC(CO)C(O)/C=C/CCCCCCCCCCCCCCCCCCCCCCCC. The highest BCUT2D eigenvalue weighted by Gasteiger charge is 2.18. The fourth-order valence-corrected chi connectivity index (χ4v) is 14.3. The maximum Gasteiger partial charge on any atom is 0.305 e. The third-order valence-corrected chi connectivity index (χ3v) is 21.1. The molecule has 578 valence electrons. The number of amides is 1. The van der Waals surface area contributed by atoms with Gasteiger partial charge in [0, 0.05) is 12.8 Å². The number of aliphatic hydroxyl groups excluding tert-OH is 2. The number of rotatable bonds is 85. The first-order valence-corrected chi connectivity index (χ1v) is 44.9. The molecule has 0 aromatic rings. The molecule has 2 unspecified atom stereocenters. The van der Waals surface area contributed by atoms with Gasteiger partial charge in [0.25, 0.3) is 0 Å². The monoisotopic (exact) mass is 1370 g/mol. The van der Waals surface area contributed by atoms with Crippen molar-refractivity contribution in [2.75, 3.05) is 13.2 Å². The number of nitrogens with one attached hydrogen (secondary N) is 1. The molecule has 0 bridgehead atoms. The second-order valence-electron chi connectivity index (χ2n) is 30.9. The second kappa shape index (κ2) is 87.2. The van der Waals surface area contributed by atoms with E-state index in [1.54, 1.807) is 6.08 Å². The van der Waals surface area contributed by atoms with Gasteiger partial charge >= 0.3 is 5.97 Å². The van der Waals surface area contributed by atoms with E-state index in [-0.39, 0.29) is 18.5 Å². The van der Waals surface area contributed by atoms with Crippen LogP contribution in [0.5, 0.6) is 0 Å². The summed E-state index contributed by atoms with van der Waals surface area (Å²) in [4.78, 5) is 24.7. The molecule has 0 radical (unpaired) electrons. The summed E-state index contributed by atoms with van der Waals surface area (Å²) in [5, 5.41) is 23.3. The van der Waals surface area contributed by atoms with Crippen molar-refractivity contribution in [2.24, 2.45) is 0 Å². The van der Waals surface area contributed by atoms with Crippen molar-refractivity contribution in [2.45, 2.75) is 514 Å². The molecule has 0 aliphatic carbocycles. The highest BCUT2D eigenvalue weighted by Crippen LogP contribution is 2.21. The van der Waals surface area contributed by atoms with Gasteiger partial charge in [-0.1, -0.05) is 448 Å². The predicted octanol–water partition coefficient (Wildman–Crippen LogP) is 30.3. The third kappa shape index (κ3) is 82.8. The van der Waals surface area contributed by atoms with Crippen LogP contribution in [0.1, 0.15) is 502 Å². The molecule has 98 heavy (non-hydrogen) atoms. The number of unbranched alkanes of at least 4 members (excludes halogenated alkanes) is 68. The van der Waals surface area contributed by atoms with E-state index >= 15 is 0 Å². The molecule has 0 aliphatic heterocycles. The number of hydrogen-bond donors (Lipinski definition) is 3. The summed E-state index contributed by atoms with van der Waals surface area (Å²) in [7, 11) is 0.